The van der Waals surface area contributed by atoms with Crippen LogP contribution in [-0.4, -0.2) is 53.5 Å². The Bertz CT molecular complexity index is 487. The Morgan fingerprint density at radius 1 is 1.39 bits per heavy atom. The number of nitrogens with zero attached hydrogens (tertiary/aromatic N) is 3. The fourth-order valence-electron chi connectivity index (χ4n) is 2.32. The maximum absolute atomic E-state index is 13.3. The first kappa shape index (κ1) is 13.2. The van der Waals surface area contributed by atoms with Gasteiger partial charge in [-0.25, -0.2) is 4.98 Å². The van der Waals surface area contributed by atoms with E-state index in [1.165, 1.54) is 6.92 Å². The molecule has 1 unspecified atom stereocenters. The summed E-state index contributed by atoms with van der Waals surface area (Å²) in [6.07, 6.45) is 1.08. The minimum absolute atomic E-state index is 0.00417. The highest BCUT2D eigenvalue weighted by Crippen LogP contribution is 2.19. The Morgan fingerprint density at radius 3 is 2.78 bits per heavy atom. The lowest BCUT2D eigenvalue weighted by Crippen LogP contribution is -2.34. The zero-order chi connectivity index (χ0) is 13.3. The number of hydrogen-bond acceptors (Lipinski definition) is 4. The third-order valence-corrected chi connectivity index (χ3v) is 3.43. The fraction of sp³-hybridized carbons (Fsp3) is 0.667. The van der Waals surface area contributed by atoms with E-state index in [-0.39, 0.29) is 11.7 Å². The second-order valence-electron chi connectivity index (χ2n) is 4.96. The molecule has 5 nitrogen and oxygen atoms in total. The molecule has 0 spiro atoms. The molecule has 1 aliphatic heterocycles. The van der Waals surface area contributed by atoms with E-state index in [0.29, 0.717) is 5.82 Å². The summed E-state index contributed by atoms with van der Waals surface area (Å²) in [6, 6.07) is 0.00417. The zero-order valence-corrected chi connectivity index (χ0v) is 11.0. The average molecular weight is 254 g/mol. The lowest BCUT2D eigenvalue weighted by atomic mass is 10.2. The van der Waals surface area contributed by atoms with Gasteiger partial charge in [-0.15, -0.1) is 0 Å². The Kier molecular flexibility index (Phi) is 3.77. The molecule has 0 saturated carbocycles. The van der Waals surface area contributed by atoms with Crippen molar-refractivity contribution in [3.05, 3.63) is 27.7 Å². The molecular weight excluding hydrogens is 235 g/mol. The van der Waals surface area contributed by atoms with E-state index in [2.05, 4.69) is 19.8 Å². The highest BCUT2D eigenvalue weighted by atomic mass is 19.1. The number of halogens is 1. The predicted molar refractivity (Wildman–Crippen MR) is 67.0 cm³/mol. The molecule has 0 radical (unpaired) electrons. The van der Waals surface area contributed by atoms with Gasteiger partial charge in [0, 0.05) is 6.54 Å². The third-order valence-electron chi connectivity index (χ3n) is 3.43. The molecule has 18 heavy (non-hydrogen) atoms. The van der Waals surface area contributed by atoms with Crippen LogP contribution in [-0.2, 0) is 0 Å². The Balaban J connectivity index is 2.36. The first-order chi connectivity index (χ1) is 8.49. The summed E-state index contributed by atoms with van der Waals surface area (Å²) in [7, 11) is 4.04. The molecule has 100 valence electrons. The standard InChI is InChI=1S/C12H19FN4O/c1-8-10(13)12(18)15-11(14-8)9-7-16(2)5-4-6-17(9)3/h9H,4-7H2,1-3H3,(H,14,15,18). The smallest absolute Gasteiger partial charge is 0.287 e. The highest BCUT2D eigenvalue weighted by molar-refractivity contribution is 5.07. The second kappa shape index (κ2) is 5.16. The minimum atomic E-state index is -0.789. The molecule has 1 N–H and O–H groups in total. The van der Waals surface area contributed by atoms with Crippen molar-refractivity contribution in [2.24, 2.45) is 0 Å². The summed E-state index contributed by atoms with van der Waals surface area (Å²) < 4.78 is 13.3. The number of nitrogens with one attached hydrogen (secondary N) is 1. The lowest BCUT2D eigenvalue weighted by Gasteiger charge is -2.26. The van der Waals surface area contributed by atoms with Gasteiger partial charge in [0.15, 0.2) is 0 Å². The molecule has 0 bridgehead atoms. The van der Waals surface area contributed by atoms with Crippen LogP contribution in [0.2, 0.25) is 0 Å². The summed E-state index contributed by atoms with van der Waals surface area (Å²) in [4.78, 5) is 22.6. The Hall–Kier alpha value is -1.27. The molecule has 0 aliphatic carbocycles. The number of hydrogen-bond donors (Lipinski definition) is 1. The number of likely N-dealkylation sites (N-methyl/N-ethyl adjacent to an activating group) is 2. The van der Waals surface area contributed by atoms with Crippen LogP contribution >= 0.6 is 0 Å². The van der Waals surface area contributed by atoms with E-state index >= 15 is 0 Å². The first-order valence-corrected chi connectivity index (χ1v) is 6.14. The van der Waals surface area contributed by atoms with E-state index in [1.807, 2.05) is 14.1 Å². The number of aromatic nitrogens is 2. The quantitative estimate of drug-likeness (QED) is 0.794. The molecule has 0 amide bonds. The van der Waals surface area contributed by atoms with Gasteiger partial charge in [-0.2, -0.15) is 4.39 Å². The lowest BCUT2D eigenvalue weighted by molar-refractivity contribution is 0.218. The molecule has 6 heteroatoms. The molecule has 1 aliphatic rings. The molecule has 2 rings (SSSR count). The van der Waals surface area contributed by atoms with E-state index in [1.54, 1.807) is 0 Å². The fourth-order valence-corrected chi connectivity index (χ4v) is 2.32. The van der Waals surface area contributed by atoms with Crippen LogP contribution in [0.15, 0.2) is 4.79 Å². The van der Waals surface area contributed by atoms with Gasteiger partial charge in [0.1, 0.15) is 5.82 Å². The van der Waals surface area contributed by atoms with Gasteiger partial charge in [-0.3, -0.25) is 9.69 Å². The van der Waals surface area contributed by atoms with Gasteiger partial charge in [-0.05, 0) is 40.5 Å². The van der Waals surface area contributed by atoms with Crippen LogP contribution in [0.5, 0.6) is 0 Å². The van der Waals surface area contributed by atoms with Crippen LogP contribution in [0.1, 0.15) is 24.0 Å². The summed E-state index contributed by atoms with van der Waals surface area (Å²) in [5.41, 5.74) is -0.521. The highest BCUT2D eigenvalue weighted by Gasteiger charge is 2.25. The van der Waals surface area contributed by atoms with Crippen LogP contribution in [0.4, 0.5) is 4.39 Å². The summed E-state index contributed by atoms with van der Waals surface area (Å²) in [6.45, 7) is 4.26. The summed E-state index contributed by atoms with van der Waals surface area (Å²) in [5.74, 6) is -0.237. The van der Waals surface area contributed by atoms with Crippen LogP contribution in [0.3, 0.4) is 0 Å². The summed E-state index contributed by atoms with van der Waals surface area (Å²) in [5, 5.41) is 0. The normalized spacial score (nSPS) is 23.0. The van der Waals surface area contributed by atoms with Crippen molar-refractivity contribution in [2.45, 2.75) is 19.4 Å². The van der Waals surface area contributed by atoms with Gasteiger partial charge in [0.2, 0.25) is 5.82 Å². The molecule has 0 aromatic carbocycles. The maximum Gasteiger partial charge on any atom is 0.287 e. The SMILES string of the molecule is Cc1nc(C2CN(C)CCCN2C)[nH]c(=O)c1F. The van der Waals surface area contributed by atoms with Crippen LogP contribution < -0.4 is 5.56 Å². The molecule has 1 fully saturated rings. The van der Waals surface area contributed by atoms with Gasteiger partial charge < -0.3 is 9.88 Å². The van der Waals surface area contributed by atoms with E-state index < -0.39 is 11.4 Å². The van der Waals surface area contributed by atoms with Crippen molar-refractivity contribution in [1.82, 2.24) is 19.8 Å². The molecule has 1 aromatic heterocycles. The first-order valence-electron chi connectivity index (χ1n) is 6.14. The molecule has 1 saturated heterocycles. The Labute approximate surface area is 106 Å². The van der Waals surface area contributed by atoms with Crippen LogP contribution in [0.25, 0.3) is 0 Å². The molecule has 2 heterocycles. The average Bonchev–Trinajstić information content (AvgIpc) is 2.47. The van der Waals surface area contributed by atoms with Crippen molar-refractivity contribution in [1.29, 1.82) is 0 Å². The monoisotopic (exact) mass is 254 g/mol. The topological polar surface area (TPSA) is 52.2 Å². The van der Waals surface area contributed by atoms with E-state index in [4.69, 9.17) is 0 Å². The number of H-pyrrole nitrogens is 1. The number of rotatable bonds is 1. The van der Waals surface area contributed by atoms with Crippen molar-refractivity contribution < 1.29 is 4.39 Å². The summed E-state index contributed by atoms with van der Waals surface area (Å²) >= 11 is 0. The van der Waals surface area contributed by atoms with Gasteiger partial charge in [0.25, 0.3) is 5.56 Å². The van der Waals surface area contributed by atoms with Crippen LogP contribution in [0, 0.1) is 12.7 Å². The Morgan fingerprint density at radius 2 is 2.11 bits per heavy atom. The molecule has 1 aromatic rings. The molecule has 1 atom stereocenters. The van der Waals surface area contributed by atoms with E-state index in [0.717, 1.165) is 26.1 Å². The van der Waals surface area contributed by atoms with Crippen molar-refractivity contribution in [2.75, 3.05) is 33.7 Å². The largest absolute Gasteiger partial charge is 0.307 e. The minimum Gasteiger partial charge on any atom is -0.307 e. The number of aryl methyl sites for hydroxylation is 1. The van der Waals surface area contributed by atoms with Gasteiger partial charge in [0.05, 0.1) is 11.7 Å². The predicted octanol–water partition coefficient (Wildman–Crippen LogP) is 0.526. The van der Waals surface area contributed by atoms with Crippen molar-refractivity contribution in [3.8, 4) is 0 Å². The van der Waals surface area contributed by atoms with Crippen molar-refractivity contribution in [3.63, 3.8) is 0 Å². The van der Waals surface area contributed by atoms with Gasteiger partial charge >= 0.3 is 0 Å². The van der Waals surface area contributed by atoms with Crippen molar-refractivity contribution >= 4 is 0 Å². The number of aromatic amines is 1. The molecular formula is C12H19FN4O. The second-order valence-corrected chi connectivity index (χ2v) is 4.96. The zero-order valence-electron chi connectivity index (χ0n) is 11.0. The third kappa shape index (κ3) is 2.59. The van der Waals surface area contributed by atoms with E-state index in [9.17, 15) is 9.18 Å². The van der Waals surface area contributed by atoms with Gasteiger partial charge in [-0.1, -0.05) is 0 Å². The maximum atomic E-state index is 13.3.